The second-order valence-electron chi connectivity index (χ2n) is 4.85. The van der Waals surface area contributed by atoms with Crippen molar-refractivity contribution in [1.29, 1.82) is 0 Å². The third kappa shape index (κ3) is 3.51. The summed E-state index contributed by atoms with van der Waals surface area (Å²) in [5, 5.41) is 8.42. The van der Waals surface area contributed by atoms with Crippen LogP contribution in [0.5, 0.6) is 0 Å². The van der Waals surface area contributed by atoms with E-state index in [9.17, 15) is 0 Å². The molecule has 1 aromatic rings. The lowest BCUT2D eigenvalue weighted by Gasteiger charge is -2.15. The standard InChI is InChI=1S/C12H24N4O2/c1-8(2)7-13-16-11(9(3)17-5)14-15-12(16)10(4)18-6/h8-10,13H,7H2,1-6H3/p+1/t9-,10-/m0/s1. The molecule has 0 aliphatic heterocycles. The molecule has 0 saturated carbocycles. The van der Waals surface area contributed by atoms with Crippen molar-refractivity contribution < 1.29 is 14.9 Å². The largest absolute Gasteiger partial charge is 0.374 e. The van der Waals surface area contributed by atoms with Crippen LogP contribution in [0, 0.1) is 5.92 Å². The Morgan fingerprint density at radius 2 is 1.44 bits per heavy atom. The van der Waals surface area contributed by atoms with E-state index in [1.165, 1.54) is 0 Å². The molecule has 0 bridgehead atoms. The van der Waals surface area contributed by atoms with E-state index in [0.29, 0.717) is 5.92 Å². The molecule has 0 aliphatic carbocycles. The van der Waals surface area contributed by atoms with E-state index in [0.717, 1.165) is 18.2 Å². The number of hydrogen-bond acceptors (Lipinski definition) is 4. The van der Waals surface area contributed by atoms with Gasteiger partial charge in [0.2, 0.25) is 11.6 Å². The quantitative estimate of drug-likeness (QED) is 0.729. The number of ether oxygens (including phenoxy) is 2. The van der Waals surface area contributed by atoms with Gasteiger partial charge in [0.1, 0.15) is 18.8 Å². The van der Waals surface area contributed by atoms with Gasteiger partial charge in [-0.25, -0.2) is 5.43 Å². The van der Waals surface area contributed by atoms with Gasteiger partial charge < -0.3 is 9.47 Å². The van der Waals surface area contributed by atoms with E-state index in [-0.39, 0.29) is 12.2 Å². The Morgan fingerprint density at radius 1 is 1.00 bits per heavy atom. The highest BCUT2D eigenvalue weighted by molar-refractivity contribution is 4.97. The van der Waals surface area contributed by atoms with E-state index >= 15 is 0 Å². The van der Waals surface area contributed by atoms with Crippen LogP contribution in [-0.2, 0) is 9.47 Å². The number of quaternary nitrogens is 1. The molecule has 6 nitrogen and oxygen atoms in total. The Morgan fingerprint density at radius 3 is 1.78 bits per heavy atom. The Kier molecular flexibility index (Phi) is 5.71. The zero-order chi connectivity index (χ0) is 13.7. The molecule has 0 unspecified atom stereocenters. The van der Waals surface area contributed by atoms with Gasteiger partial charge in [-0.2, -0.15) is 4.68 Å². The van der Waals surface area contributed by atoms with Crippen molar-refractivity contribution in [3.63, 3.8) is 0 Å². The minimum atomic E-state index is -0.0845. The van der Waals surface area contributed by atoms with Gasteiger partial charge in [-0.05, 0) is 13.8 Å². The van der Waals surface area contributed by atoms with Crippen molar-refractivity contribution in [1.82, 2.24) is 14.9 Å². The van der Waals surface area contributed by atoms with Crippen LogP contribution in [0.1, 0.15) is 51.6 Å². The molecule has 0 spiro atoms. The molecule has 1 rings (SSSR count). The molecule has 18 heavy (non-hydrogen) atoms. The van der Waals surface area contributed by atoms with E-state index in [1.807, 2.05) is 18.5 Å². The zero-order valence-electron chi connectivity index (χ0n) is 12.2. The van der Waals surface area contributed by atoms with Crippen molar-refractivity contribution in [3.8, 4) is 0 Å². The summed E-state index contributed by atoms with van der Waals surface area (Å²) in [4.78, 5) is 0. The van der Waals surface area contributed by atoms with Gasteiger partial charge in [0, 0.05) is 20.1 Å². The van der Waals surface area contributed by atoms with E-state index < -0.39 is 0 Å². The van der Waals surface area contributed by atoms with Crippen LogP contribution < -0.4 is 5.43 Å². The molecule has 104 valence electrons. The predicted octanol–water partition coefficient (Wildman–Crippen LogP) is 0.675. The van der Waals surface area contributed by atoms with E-state index in [2.05, 4.69) is 29.5 Å². The number of nitrogens with zero attached hydrogens (tertiary/aromatic N) is 3. The molecule has 6 heteroatoms. The fraction of sp³-hybridized carbons (Fsp3) is 0.833. The summed E-state index contributed by atoms with van der Waals surface area (Å²) in [5.41, 5.74) is 2.11. The minimum Gasteiger partial charge on any atom is -0.374 e. The average Bonchev–Trinajstić information content (AvgIpc) is 2.78. The Labute approximate surface area is 109 Å². The molecule has 0 fully saturated rings. The monoisotopic (exact) mass is 257 g/mol. The van der Waals surface area contributed by atoms with Gasteiger partial charge in [-0.15, -0.1) is 10.2 Å². The van der Waals surface area contributed by atoms with Gasteiger partial charge in [-0.1, -0.05) is 13.8 Å². The van der Waals surface area contributed by atoms with Gasteiger partial charge in [0.15, 0.2) is 0 Å². The fourth-order valence-electron chi connectivity index (χ4n) is 1.58. The number of methoxy groups -OCH3 is 2. The molecule has 1 aromatic heterocycles. The first kappa shape index (κ1) is 15.1. The van der Waals surface area contributed by atoms with Crippen LogP contribution in [0.4, 0.5) is 0 Å². The van der Waals surface area contributed by atoms with Crippen LogP contribution >= 0.6 is 0 Å². The van der Waals surface area contributed by atoms with Crippen molar-refractivity contribution >= 4 is 0 Å². The van der Waals surface area contributed by atoms with Crippen LogP contribution in [-0.4, -0.2) is 35.6 Å². The maximum Gasteiger partial charge on any atom is 0.211 e. The predicted molar refractivity (Wildman–Crippen MR) is 67.9 cm³/mol. The van der Waals surface area contributed by atoms with Crippen LogP contribution in [0.3, 0.4) is 0 Å². The lowest BCUT2D eigenvalue weighted by atomic mass is 10.2. The molecule has 0 radical (unpaired) electrons. The topological polar surface area (TPSA) is 65.8 Å². The highest BCUT2D eigenvalue weighted by Crippen LogP contribution is 2.17. The van der Waals surface area contributed by atoms with Crippen LogP contribution in [0.2, 0.25) is 0 Å². The maximum atomic E-state index is 5.33. The number of aromatic nitrogens is 3. The highest BCUT2D eigenvalue weighted by atomic mass is 16.5. The second kappa shape index (κ2) is 6.82. The Hall–Kier alpha value is -0.980. The first-order valence-corrected chi connectivity index (χ1v) is 6.34. The number of nitrogens with two attached hydrogens (primary N) is 1. The third-order valence-electron chi connectivity index (χ3n) is 2.94. The molecular formula is C12H25N4O2+. The summed E-state index contributed by atoms with van der Waals surface area (Å²) in [6.45, 7) is 9.25. The average molecular weight is 257 g/mol. The summed E-state index contributed by atoms with van der Waals surface area (Å²) >= 11 is 0. The highest BCUT2D eigenvalue weighted by Gasteiger charge is 2.23. The molecular weight excluding hydrogens is 232 g/mol. The summed E-state index contributed by atoms with van der Waals surface area (Å²) in [5.74, 6) is 2.22. The normalized spacial score (nSPS) is 15.1. The maximum absolute atomic E-state index is 5.33. The molecule has 0 aliphatic rings. The summed E-state index contributed by atoms with van der Waals surface area (Å²) in [6.07, 6.45) is -0.169. The minimum absolute atomic E-state index is 0.0845. The van der Waals surface area contributed by atoms with Crippen molar-refractivity contribution in [2.75, 3.05) is 20.8 Å². The summed E-state index contributed by atoms with van der Waals surface area (Å²) in [7, 11) is 3.34. The molecule has 0 aromatic carbocycles. The lowest BCUT2D eigenvalue weighted by molar-refractivity contribution is -0.717. The van der Waals surface area contributed by atoms with Gasteiger partial charge in [0.05, 0.1) is 0 Å². The van der Waals surface area contributed by atoms with Crippen LogP contribution in [0.15, 0.2) is 0 Å². The first-order valence-electron chi connectivity index (χ1n) is 6.34. The summed E-state index contributed by atoms with van der Waals surface area (Å²) in [6, 6.07) is 0. The fourth-order valence-corrected chi connectivity index (χ4v) is 1.58. The second-order valence-corrected chi connectivity index (χ2v) is 4.85. The summed E-state index contributed by atoms with van der Waals surface area (Å²) < 4.78 is 12.7. The molecule has 2 atom stereocenters. The van der Waals surface area contributed by atoms with Crippen molar-refractivity contribution in [2.45, 2.75) is 39.9 Å². The van der Waals surface area contributed by atoms with Gasteiger partial charge in [0.25, 0.3) is 0 Å². The Bertz CT molecular complexity index is 337. The molecule has 2 N–H and O–H groups in total. The first-order chi connectivity index (χ1) is 8.51. The number of hydrogen-bond donors (Lipinski definition) is 1. The molecule has 0 amide bonds. The third-order valence-corrected chi connectivity index (χ3v) is 2.94. The lowest BCUT2D eigenvalue weighted by Crippen LogP contribution is -2.89. The molecule has 1 heterocycles. The molecule has 0 saturated heterocycles. The number of rotatable bonds is 7. The van der Waals surface area contributed by atoms with Crippen molar-refractivity contribution in [2.24, 2.45) is 5.92 Å². The zero-order valence-corrected chi connectivity index (χ0v) is 12.2. The van der Waals surface area contributed by atoms with Gasteiger partial charge >= 0.3 is 0 Å². The Balaban J connectivity index is 3.00. The SMILES string of the molecule is CO[C@@H](C)c1nnc([C@H](C)OC)n1[NH2+]CC(C)C. The van der Waals surface area contributed by atoms with Crippen molar-refractivity contribution in [3.05, 3.63) is 11.6 Å². The van der Waals surface area contributed by atoms with E-state index in [4.69, 9.17) is 9.47 Å². The smallest absolute Gasteiger partial charge is 0.211 e. The van der Waals surface area contributed by atoms with Gasteiger partial charge in [-0.3, -0.25) is 0 Å². The van der Waals surface area contributed by atoms with Crippen LogP contribution in [0.25, 0.3) is 0 Å². The van der Waals surface area contributed by atoms with E-state index in [1.54, 1.807) is 14.2 Å².